The van der Waals surface area contributed by atoms with Gasteiger partial charge in [0.15, 0.2) is 5.78 Å². The summed E-state index contributed by atoms with van der Waals surface area (Å²) >= 11 is 0. The summed E-state index contributed by atoms with van der Waals surface area (Å²) in [5, 5.41) is 0. The molecule has 2 rings (SSSR count). The van der Waals surface area contributed by atoms with Crippen LogP contribution in [0.25, 0.3) is 0 Å². The molecule has 2 nitrogen and oxygen atoms in total. The highest BCUT2D eigenvalue weighted by Crippen LogP contribution is 2.09. The Hall–Kier alpha value is -1.93. The Morgan fingerprint density at radius 1 is 1.00 bits per heavy atom. The third-order valence-electron chi connectivity index (χ3n) is 3.63. The Balaban J connectivity index is 1.84. The zero-order valence-corrected chi connectivity index (χ0v) is 13.1. The van der Waals surface area contributed by atoms with E-state index in [0.29, 0.717) is 6.42 Å². The van der Waals surface area contributed by atoms with Crippen LogP contribution in [-0.2, 0) is 6.54 Å². The lowest BCUT2D eigenvalue weighted by atomic mass is 10.1. The van der Waals surface area contributed by atoms with Gasteiger partial charge in [-0.15, -0.1) is 0 Å². The van der Waals surface area contributed by atoms with Crippen LogP contribution in [0.5, 0.6) is 0 Å². The standard InChI is InChI=1S/C19H23NO/c1-15-7-9-18(10-8-15)19(21)11-12-20(3)14-17-6-4-5-16(2)13-17/h4-10,13H,11-12,14H2,1-3H3. The summed E-state index contributed by atoms with van der Waals surface area (Å²) in [6.07, 6.45) is 0.561. The van der Waals surface area contributed by atoms with Crippen LogP contribution in [-0.4, -0.2) is 24.3 Å². The number of rotatable bonds is 6. The van der Waals surface area contributed by atoms with Crippen LogP contribution in [0.2, 0.25) is 0 Å². The van der Waals surface area contributed by atoms with Crippen LogP contribution < -0.4 is 0 Å². The number of Topliss-reactive ketones (excluding diaryl/α,β-unsaturated/α-hetero) is 1. The molecular weight excluding hydrogens is 258 g/mol. The van der Waals surface area contributed by atoms with E-state index in [0.717, 1.165) is 18.7 Å². The summed E-state index contributed by atoms with van der Waals surface area (Å²) in [6.45, 7) is 5.79. The Kier molecular flexibility index (Phi) is 5.29. The average Bonchev–Trinajstić information content (AvgIpc) is 2.45. The molecule has 2 heteroatoms. The lowest BCUT2D eigenvalue weighted by Gasteiger charge is -2.16. The predicted octanol–water partition coefficient (Wildman–Crippen LogP) is 4.01. The molecule has 0 N–H and O–H groups in total. The third kappa shape index (κ3) is 4.83. The molecule has 0 heterocycles. The molecule has 2 aromatic rings. The van der Waals surface area contributed by atoms with Gasteiger partial charge in [-0.1, -0.05) is 59.7 Å². The molecule has 0 aliphatic carbocycles. The first kappa shape index (κ1) is 15.5. The van der Waals surface area contributed by atoms with Crippen molar-refractivity contribution in [2.24, 2.45) is 0 Å². The molecule has 0 spiro atoms. The Labute approximate surface area is 127 Å². The van der Waals surface area contributed by atoms with Gasteiger partial charge in [-0.25, -0.2) is 0 Å². The highest BCUT2D eigenvalue weighted by atomic mass is 16.1. The first-order valence-corrected chi connectivity index (χ1v) is 7.38. The second-order valence-corrected chi connectivity index (χ2v) is 5.77. The monoisotopic (exact) mass is 281 g/mol. The molecule has 0 atom stereocenters. The quantitative estimate of drug-likeness (QED) is 0.746. The van der Waals surface area contributed by atoms with Gasteiger partial charge in [0.1, 0.15) is 0 Å². The van der Waals surface area contributed by atoms with E-state index < -0.39 is 0 Å². The van der Waals surface area contributed by atoms with Crippen LogP contribution in [0.15, 0.2) is 48.5 Å². The van der Waals surface area contributed by atoms with Gasteiger partial charge in [0.2, 0.25) is 0 Å². The molecule has 0 unspecified atom stereocenters. The number of ketones is 1. The van der Waals surface area contributed by atoms with E-state index >= 15 is 0 Å². The summed E-state index contributed by atoms with van der Waals surface area (Å²) in [6, 6.07) is 16.3. The highest BCUT2D eigenvalue weighted by molar-refractivity contribution is 5.96. The Bertz CT molecular complexity index is 601. The maximum Gasteiger partial charge on any atom is 0.164 e. The van der Waals surface area contributed by atoms with Crippen LogP contribution in [0.4, 0.5) is 0 Å². The predicted molar refractivity (Wildman–Crippen MR) is 87.6 cm³/mol. The van der Waals surface area contributed by atoms with Gasteiger partial charge < -0.3 is 4.90 Å². The molecular formula is C19H23NO. The van der Waals surface area contributed by atoms with Crippen molar-refractivity contribution in [3.05, 3.63) is 70.8 Å². The van der Waals surface area contributed by atoms with Gasteiger partial charge in [0.25, 0.3) is 0 Å². The maximum absolute atomic E-state index is 12.1. The Morgan fingerprint density at radius 2 is 1.71 bits per heavy atom. The van der Waals surface area contributed by atoms with E-state index in [-0.39, 0.29) is 5.78 Å². The maximum atomic E-state index is 12.1. The number of carbonyl (C=O) groups is 1. The molecule has 110 valence electrons. The second-order valence-electron chi connectivity index (χ2n) is 5.77. The molecule has 0 amide bonds. The summed E-state index contributed by atoms with van der Waals surface area (Å²) in [7, 11) is 2.06. The molecule has 0 aliphatic heterocycles. The smallest absolute Gasteiger partial charge is 0.164 e. The van der Waals surface area contributed by atoms with Gasteiger partial charge in [0, 0.05) is 25.1 Å². The zero-order chi connectivity index (χ0) is 15.2. The fourth-order valence-corrected chi connectivity index (χ4v) is 2.38. The lowest BCUT2D eigenvalue weighted by Crippen LogP contribution is -2.21. The fourth-order valence-electron chi connectivity index (χ4n) is 2.38. The Morgan fingerprint density at radius 3 is 2.38 bits per heavy atom. The molecule has 0 aromatic heterocycles. The van der Waals surface area contributed by atoms with Crippen molar-refractivity contribution in [2.75, 3.05) is 13.6 Å². The van der Waals surface area contributed by atoms with Crippen LogP contribution in [0, 0.1) is 13.8 Å². The van der Waals surface area contributed by atoms with Crippen LogP contribution >= 0.6 is 0 Å². The van der Waals surface area contributed by atoms with Crippen molar-refractivity contribution in [2.45, 2.75) is 26.8 Å². The normalized spacial score (nSPS) is 10.9. The number of benzene rings is 2. The van der Waals surface area contributed by atoms with Gasteiger partial charge in [-0.05, 0) is 26.5 Å². The van der Waals surface area contributed by atoms with Gasteiger partial charge in [-0.2, -0.15) is 0 Å². The van der Waals surface area contributed by atoms with Gasteiger partial charge in [-0.3, -0.25) is 4.79 Å². The van der Waals surface area contributed by atoms with E-state index in [4.69, 9.17) is 0 Å². The summed E-state index contributed by atoms with van der Waals surface area (Å²) in [4.78, 5) is 14.3. The summed E-state index contributed by atoms with van der Waals surface area (Å²) in [5.41, 5.74) is 4.56. The van der Waals surface area contributed by atoms with Crippen molar-refractivity contribution < 1.29 is 4.79 Å². The zero-order valence-electron chi connectivity index (χ0n) is 13.1. The van der Waals surface area contributed by atoms with Crippen LogP contribution in [0.3, 0.4) is 0 Å². The van der Waals surface area contributed by atoms with Crippen molar-refractivity contribution in [3.8, 4) is 0 Å². The molecule has 21 heavy (non-hydrogen) atoms. The minimum Gasteiger partial charge on any atom is -0.302 e. The number of nitrogens with zero attached hydrogens (tertiary/aromatic N) is 1. The van der Waals surface area contributed by atoms with E-state index in [1.165, 1.54) is 16.7 Å². The lowest BCUT2D eigenvalue weighted by molar-refractivity contribution is 0.0968. The number of carbonyl (C=O) groups excluding carboxylic acids is 1. The van der Waals surface area contributed by atoms with Crippen molar-refractivity contribution in [3.63, 3.8) is 0 Å². The van der Waals surface area contributed by atoms with Gasteiger partial charge in [0.05, 0.1) is 0 Å². The summed E-state index contributed by atoms with van der Waals surface area (Å²) < 4.78 is 0. The molecule has 0 bridgehead atoms. The number of aryl methyl sites for hydroxylation is 2. The minimum absolute atomic E-state index is 0.214. The first-order valence-electron chi connectivity index (χ1n) is 7.38. The van der Waals surface area contributed by atoms with Crippen molar-refractivity contribution in [1.29, 1.82) is 0 Å². The number of hydrogen-bond donors (Lipinski definition) is 0. The first-order chi connectivity index (χ1) is 10.0. The molecule has 0 saturated heterocycles. The SMILES string of the molecule is Cc1ccc(C(=O)CCN(C)Cc2cccc(C)c2)cc1. The van der Waals surface area contributed by atoms with E-state index in [1.807, 2.05) is 31.2 Å². The topological polar surface area (TPSA) is 20.3 Å². The van der Waals surface area contributed by atoms with Crippen molar-refractivity contribution in [1.82, 2.24) is 4.90 Å². The van der Waals surface area contributed by atoms with E-state index in [9.17, 15) is 4.79 Å². The fraction of sp³-hybridized carbons (Fsp3) is 0.316. The van der Waals surface area contributed by atoms with Crippen molar-refractivity contribution >= 4 is 5.78 Å². The minimum atomic E-state index is 0.214. The van der Waals surface area contributed by atoms with E-state index in [1.54, 1.807) is 0 Å². The number of hydrogen-bond acceptors (Lipinski definition) is 2. The van der Waals surface area contributed by atoms with Gasteiger partial charge >= 0.3 is 0 Å². The molecule has 0 radical (unpaired) electrons. The molecule has 0 saturated carbocycles. The largest absolute Gasteiger partial charge is 0.302 e. The van der Waals surface area contributed by atoms with E-state index in [2.05, 4.69) is 43.1 Å². The summed E-state index contributed by atoms with van der Waals surface area (Å²) in [5.74, 6) is 0.214. The molecule has 0 aliphatic rings. The average molecular weight is 281 g/mol. The van der Waals surface area contributed by atoms with Crippen LogP contribution in [0.1, 0.15) is 33.5 Å². The highest BCUT2D eigenvalue weighted by Gasteiger charge is 2.08. The third-order valence-corrected chi connectivity index (χ3v) is 3.63. The molecule has 0 fully saturated rings. The second kappa shape index (κ2) is 7.19. The molecule has 2 aromatic carbocycles.